The minimum absolute atomic E-state index is 0.335. The summed E-state index contributed by atoms with van der Waals surface area (Å²) in [7, 11) is 1.34. The number of nitrogens with zero attached hydrogens (tertiary/aromatic N) is 3. The fourth-order valence-corrected chi connectivity index (χ4v) is 1.75. The third-order valence-corrected chi connectivity index (χ3v) is 2.68. The first kappa shape index (κ1) is 14.9. The highest BCUT2D eigenvalue weighted by molar-refractivity contribution is 5.77. The molecule has 0 spiro atoms. The van der Waals surface area contributed by atoms with Gasteiger partial charge in [0.05, 0.1) is 13.2 Å². The number of hydrogen-bond donors (Lipinski definition) is 0. The summed E-state index contributed by atoms with van der Waals surface area (Å²) < 4.78 is 4.75. The van der Waals surface area contributed by atoms with Gasteiger partial charge in [0.2, 0.25) is 0 Å². The van der Waals surface area contributed by atoms with Crippen LogP contribution in [0.25, 0.3) is 0 Å². The van der Waals surface area contributed by atoms with Crippen LogP contribution in [0, 0.1) is 11.3 Å². The molecule has 19 heavy (non-hydrogen) atoms. The van der Waals surface area contributed by atoms with Crippen molar-refractivity contribution < 1.29 is 9.53 Å². The summed E-state index contributed by atoms with van der Waals surface area (Å²) in [6, 6.07) is 5.27. The van der Waals surface area contributed by atoms with Crippen molar-refractivity contribution in [3.8, 4) is 6.07 Å². The summed E-state index contributed by atoms with van der Waals surface area (Å²) in [4.78, 5) is 17.6. The van der Waals surface area contributed by atoms with E-state index in [1.165, 1.54) is 13.2 Å². The quantitative estimate of drug-likeness (QED) is 0.548. The Morgan fingerprint density at radius 3 is 3.05 bits per heavy atom. The molecule has 0 saturated carbocycles. The monoisotopic (exact) mass is 259 g/mol. The first-order valence-electron chi connectivity index (χ1n) is 5.93. The molecular weight excluding hydrogens is 242 g/mol. The molecule has 0 fully saturated rings. The lowest BCUT2D eigenvalue weighted by Gasteiger charge is -2.26. The fourth-order valence-electron chi connectivity index (χ4n) is 1.75. The van der Waals surface area contributed by atoms with Crippen molar-refractivity contribution in [2.75, 3.05) is 13.7 Å². The summed E-state index contributed by atoms with van der Waals surface area (Å²) >= 11 is 0. The van der Waals surface area contributed by atoms with Gasteiger partial charge in [-0.25, -0.2) is 0 Å². The molecule has 0 aliphatic heterocycles. The minimum Gasteiger partial charge on any atom is -0.468 e. The summed E-state index contributed by atoms with van der Waals surface area (Å²) in [6.45, 7) is 4.64. The third kappa shape index (κ3) is 4.53. The highest BCUT2D eigenvalue weighted by atomic mass is 16.5. The molecule has 5 heteroatoms. The van der Waals surface area contributed by atoms with Gasteiger partial charge in [0, 0.05) is 31.9 Å². The van der Waals surface area contributed by atoms with E-state index >= 15 is 0 Å². The fraction of sp³-hybridized carbons (Fsp3) is 0.357. The smallest absolute Gasteiger partial charge is 0.327 e. The predicted octanol–water partition coefficient (Wildman–Crippen LogP) is 1.52. The van der Waals surface area contributed by atoms with Gasteiger partial charge in [0.1, 0.15) is 6.04 Å². The molecule has 5 nitrogen and oxygen atoms in total. The SMILES string of the molecule is C=CC(C(=O)OC)N(CCC#N)Cc1cccnc1. The van der Waals surface area contributed by atoms with E-state index in [0.717, 1.165) is 5.56 Å². The Bertz CT molecular complexity index is 454. The van der Waals surface area contributed by atoms with E-state index in [-0.39, 0.29) is 5.97 Å². The van der Waals surface area contributed by atoms with Gasteiger partial charge in [0.15, 0.2) is 0 Å². The lowest BCUT2D eigenvalue weighted by atomic mass is 10.2. The van der Waals surface area contributed by atoms with E-state index in [4.69, 9.17) is 10.00 Å². The Morgan fingerprint density at radius 1 is 1.74 bits per heavy atom. The summed E-state index contributed by atoms with van der Waals surface area (Å²) in [5.74, 6) is -0.378. The standard InChI is InChI=1S/C14H17N3O2/c1-3-13(14(18)19-2)17(9-5-7-15)11-12-6-4-8-16-10-12/h3-4,6,8,10,13H,1,5,9,11H2,2H3. The molecule has 1 unspecified atom stereocenters. The van der Waals surface area contributed by atoms with E-state index in [1.54, 1.807) is 12.4 Å². The molecule has 0 aliphatic rings. The van der Waals surface area contributed by atoms with Crippen molar-refractivity contribution in [3.05, 3.63) is 42.7 Å². The molecule has 1 heterocycles. The molecule has 0 aromatic carbocycles. The average Bonchev–Trinajstić information content (AvgIpc) is 2.46. The van der Waals surface area contributed by atoms with Gasteiger partial charge in [-0.2, -0.15) is 5.26 Å². The van der Waals surface area contributed by atoms with Crippen LogP contribution < -0.4 is 0 Å². The van der Waals surface area contributed by atoms with Crippen molar-refractivity contribution in [2.24, 2.45) is 0 Å². The van der Waals surface area contributed by atoms with Gasteiger partial charge >= 0.3 is 5.97 Å². The van der Waals surface area contributed by atoms with E-state index in [9.17, 15) is 4.79 Å². The normalized spacial score (nSPS) is 11.6. The number of esters is 1. The van der Waals surface area contributed by atoms with Crippen molar-refractivity contribution in [3.63, 3.8) is 0 Å². The highest BCUT2D eigenvalue weighted by Crippen LogP contribution is 2.10. The third-order valence-electron chi connectivity index (χ3n) is 2.68. The number of pyridine rings is 1. The van der Waals surface area contributed by atoms with E-state index in [2.05, 4.69) is 17.6 Å². The minimum atomic E-state index is -0.557. The molecule has 0 N–H and O–H groups in total. The molecule has 1 aromatic rings. The second-order valence-electron chi connectivity index (χ2n) is 3.94. The summed E-state index contributed by atoms with van der Waals surface area (Å²) in [5, 5.41) is 8.70. The topological polar surface area (TPSA) is 66.2 Å². The number of nitriles is 1. The predicted molar refractivity (Wildman–Crippen MR) is 70.9 cm³/mol. The lowest BCUT2D eigenvalue weighted by molar-refractivity contribution is -0.145. The molecule has 1 rings (SSSR count). The second kappa shape index (κ2) is 8.01. The molecule has 1 aromatic heterocycles. The summed E-state index contributed by atoms with van der Waals surface area (Å²) in [5.41, 5.74) is 0.969. The van der Waals surface area contributed by atoms with E-state index < -0.39 is 6.04 Å². The molecule has 0 radical (unpaired) electrons. The zero-order chi connectivity index (χ0) is 14.1. The van der Waals surface area contributed by atoms with Crippen LogP contribution >= 0.6 is 0 Å². The Kier molecular flexibility index (Phi) is 6.27. The number of hydrogen-bond acceptors (Lipinski definition) is 5. The Labute approximate surface area is 113 Å². The molecule has 1 atom stereocenters. The Morgan fingerprint density at radius 2 is 2.53 bits per heavy atom. The zero-order valence-corrected chi connectivity index (χ0v) is 11.0. The number of carbonyl (C=O) groups is 1. The number of carbonyl (C=O) groups excluding carboxylic acids is 1. The van der Waals surface area contributed by atoms with Crippen molar-refractivity contribution in [1.29, 1.82) is 5.26 Å². The largest absolute Gasteiger partial charge is 0.468 e. The molecular formula is C14H17N3O2. The Hall–Kier alpha value is -2.19. The van der Waals surface area contributed by atoms with Crippen LogP contribution in [0.1, 0.15) is 12.0 Å². The van der Waals surface area contributed by atoms with Gasteiger partial charge < -0.3 is 4.74 Å². The number of rotatable bonds is 7. The van der Waals surface area contributed by atoms with Crippen molar-refractivity contribution >= 4 is 5.97 Å². The van der Waals surface area contributed by atoms with E-state index in [0.29, 0.717) is 19.5 Å². The molecule has 0 saturated heterocycles. The Balaban J connectivity index is 2.84. The maximum Gasteiger partial charge on any atom is 0.327 e. The van der Waals surface area contributed by atoms with E-state index in [1.807, 2.05) is 17.0 Å². The first-order chi connectivity index (χ1) is 9.22. The van der Waals surface area contributed by atoms with Gasteiger partial charge in [-0.05, 0) is 11.6 Å². The molecule has 0 bridgehead atoms. The van der Waals surface area contributed by atoms with Gasteiger partial charge in [0.25, 0.3) is 0 Å². The average molecular weight is 259 g/mol. The summed E-state index contributed by atoms with van der Waals surface area (Å²) in [6.07, 6.45) is 5.28. The van der Waals surface area contributed by atoms with Crippen LogP contribution in [0.2, 0.25) is 0 Å². The number of methoxy groups -OCH3 is 1. The number of ether oxygens (including phenoxy) is 1. The van der Waals surface area contributed by atoms with Gasteiger partial charge in [-0.3, -0.25) is 14.7 Å². The maximum absolute atomic E-state index is 11.7. The van der Waals surface area contributed by atoms with Crippen LogP contribution in [0.3, 0.4) is 0 Å². The first-order valence-corrected chi connectivity index (χ1v) is 5.93. The lowest BCUT2D eigenvalue weighted by Crippen LogP contribution is -2.40. The van der Waals surface area contributed by atoms with Crippen molar-refractivity contribution in [2.45, 2.75) is 19.0 Å². The van der Waals surface area contributed by atoms with Crippen LogP contribution in [-0.4, -0.2) is 35.5 Å². The number of aromatic nitrogens is 1. The van der Waals surface area contributed by atoms with Crippen LogP contribution in [0.5, 0.6) is 0 Å². The van der Waals surface area contributed by atoms with Crippen LogP contribution in [0.4, 0.5) is 0 Å². The zero-order valence-electron chi connectivity index (χ0n) is 11.0. The molecule has 0 aliphatic carbocycles. The van der Waals surface area contributed by atoms with Gasteiger partial charge in [-0.1, -0.05) is 12.1 Å². The second-order valence-corrected chi connectivity index (χ2v) is 3.94. The van der Waals surface area contributed by atoms with Crippen LogP contribution in [0.15, 0.2) is 37.2 Å². The maximum atomic E-state index is 11.7. The molecule has 100 valence electrons. The molecule has 0 amide bonds. The van der Waals surface area contributed by atoms with Gasteiger partial charge in [-0.15, -0.1) is 6.58 Å². The van der Waals surface area contributed by atoms with Crippen molar-refractivity contribution in [1.82, 2.24) is 9.88 Å². The van der Waals surface area contributed by atoms with Crippen LogP contribution in [-0.2, 0) is 16.1 Å². The highest BCUT2D eigenvalue weighted by Gasteiger charge is 2.23.